The van der Waals surface area contributed by atoms with Crippen LogP contribution < -0.4 is 0 Å². The molecule has 0 aliphatic rings. The van der Waals surface area contributed by atoms with E-state index in [-0.39, 0.29) is 18.6 Å². The molecular formula is C10H21O5P. The number of carbonyl (C=O) groups excluding carboxylic acids is 1. The summed E-state index contributed by atoms with van der Waals surface area (Å²) >= 11 is 0. The van der Waals surface area contributed by atoms with Crippen LogP contribution >= 0.6 is 7.60 Å². The average molecular weight is 252 g/mol. The Morgan fingerprint density at radius 2 is 1.81 bits per heavy atom. The maximum Gasteiger partial charge on any atom is 0.330 e. The van der Waals surface area contributed by atoms with Crippen molar-refractivity contribution in [1.29, 1.82) is 0 Å². The summed E-state index contributed by atoms with van der Waals surface area (Å²) in [4.78, 5) is 11.2. The number of rotatable bonds is 9. The third kappa shape index (κ3) is 6.99. The summed E-state index contributed by atoms with van der Waals surface area (Å²) in [5.74, 6) is -0.356. The zero-order valence-corrected chi connectivity index (χ0v) is 11.1. The highest BCUT2D eigenvalue weighted by Gasteiger charge is 2.22. The molecule has 0 radical (unpaired) electrons. The van der Waals surface area contributed by atoms with E-state index in [9.17, 15) is 9.36 Å². The summed E-state index contributed by atoms with van der Waals surface area (Å²) < 4.78 is 25.9. The molecule has 6 heteroatoms. The minimum absolute atomic E-state index is 0.0606. The van der Waals surface area contributed by atoms with Gasteiger partial charge in [-0.1, -0.05) is 19.8 Å². The predicted molar refractivity (Wildman–Crippen MR) is 61.6 cm³/mol. The van der Waals surface area contributed by atoms with Gasteiger partial charge in [0, 0.05) is 14.2 Å². The first-order chi connectivity index (χ1) is 7.58. The Morgan fingerprint density at radius 3 is 2.31 bits per heavy atom. The van der Waals surface area contributed by atoms with Crippen molar-refractivity contribution in [2.75, 3.05) is 27.0 Å². The summed E-state index contributed by atoms with van der Waals surface area (Å²) in [7, 11) is -0.476. The van der Waals surface area contributed by atoms with Crippen molar-refractivity contribution in [2.24, 2.45) is 0 Å². The van der Waals surface area contributed by atoms with Crippen LogP contribution in [0.3, 0.4) is 0 Å². The topological polar surface area (TPSA) is 61.8 Å². The van der Waals surface area contributed by atoms with Crippen LogP contribution in [0.4, 0.5) is 0 Å². The SMILES string of the molecule is CCCCCOC(=O)CCP(=O)(OC)OC. The smallest absolute Gasteiger partial charge is 0.330 e. The molecule has 96 valence electrons. The molecule has 0 saturated heterocycles. The number of hydrogen-bond donors (Lipinski definition) is 0. The van der Waals surface area contributed by atoms with Crippen LogP contribution in [0, 0.1) is 0 Å². The lowest BCUT2D eigenvalue weighted by Crippen LogP contribution is -2.09. The van der Waals surface area contributed by atoms with E-state index in [0.717, 1.165) is 19.3 Å². The van der Waals surface area contributed by atoms with Crippen LogP contribution in [-0.4, -0.2) is 33.0 Å². The first-order valence-electron chi connectivity index (χ1n) is 5.44. The Labute approximate surface area is 97.0 Å². The summed E-state index contributed by atoms with van der Waals surface area (Å²) in [6.07, 6.45) is 3.12. The lowest BCUT2D eigenvalue weighted by molar-refractivity contribution is -0.143. The molecule has 0 aliphatic heterocycles. The van der Waals surface area contributed by atoms with Crippen molar-refractivity contribution >= 4 is 13.6 Å². The molecule has 0 rings (SSSR count). The quantitative estimate of drug-likeness (QED) is 0.358. The van der Waals surface area contributed by atoms with Crippen molar-refractivity contribution in [2.45, 2.75) is 32.6 Å². The van der Waals surface area contributed by atoms with Gasteiger partial charge in [-0.05, 0) is 6.42 Å². The van der Waals surface area contributed by atoms with Gasteiger partial charge in [0.05, 0.1) is 19.2 Å². The molecule has 0 bridgehead atoms. The van der Waals surface area contributed by atoms with E-state index in [0.29, 0.717) is 6.61 Å². The lowest BCUT2D eigenvalue weighted by Gasteiger charge is -2.12. The molecule has 0 heterocycles. The van der Waals surface area contributed by atoms with Gasteiger partial charge in [-0.15, -0.1) is 0 Å². The minimum atomic E-state index is -3.08. The molecule has 0 unspecified atom stereocenters. The van der Waals surface area contributed by atoms with Gasteiger partial charge in [-0.25, -0.2) is 0 Å². The van der Waals surface area contributed by atoms with E-state index in [2.05, 4.69) is 6.92 Å². The van der Waals surface area contributed by atoms with Crippen LogP contribution in [0.15, 0.2) is 0 Å². The highest BCUT2D eigenvalue weighted by atomic mass is 31.2. The highest BCUT2D eigenvalue weighted by molar-refractivity contribution is 7.53. The van der Waals surface area contributed by atoms with Crippen molar-refractivity contribution < 1.29 is 23.1 Å². The Balaban J connectivity index is 3.68. The van der Waals surface area contributed by atoms with E-state index in [1.54, 1.807) is 0 Å². The fraction of sp³-hybridized carbons (Fsp3) is 0.900. The third-order valence-corrected chi connectivity index (χ3v) is 4.04. The molecular weight excluding hydrogens is 231 g/mol. The molecule has 0 N–H and O–H groups in total. The van der Waals surface area contributed by atoms with Gasteiger partial charge in [0.2, 0.25) is 0 Å². The molecule has 0 aromatic rings. The van der Waals surface area contributed by atoms with Gasteiger partial charge in [0.15, 0.2) is 0 Å². The van der Waals surface area contributed by atoms with Crippen molar-refractivity contribution in [3.8, 4) is 0 Å². The second kappa shape index (κ2) is 8.74. The largest absolute Gasteiger partial charge is 0.466 e. The molecule has 16 heavy (non-hydrogen) atoms. The van der Waals surface area contributed by atoms with Crippen LogP contribution in [0.5, 0.6) is 0 Å². The van der Waals surface area contributed by atoms with Gasteiger partial charge in [0.25, 0.3) is 0 Å². The number of carbonyl (C=O) groups is 1. The lowest BCUT2D eigenvalue weighted by atomic mass is 10.3. The van der Waals surface area contributed by atoms with Gasteiger partial charge >= 0.3 is 13.6 Å². The summed E-state index contributed by atoms with van der Waals surface area (Å²) in [5, 5.41) is 0. The highest BCUT2D eigenvalue weighted by Crippen LogP contribution is 2.46. The molecule has 0 aliphatic carbocycles. The van der Waals surface area contributed by atoms with Crippen LogP contribution in [0.2, 0.25) is 0 Å². The number of ether oxygens (including phenoxy) is 1. The van der Waals surface area contributed by atoms with E-state index in [1.807, 2.05) is 0 Å². The van der Waals surface area contributed by atoms with E-state index >= 15 is 0 Å². The van der Waals surface area contributed by atoms with Crippen molar-refractivity contribution in [3.63, 3.8) is 0 Å². The zero-order valence-electron chi connectivity index (χ0n) is 10.2. The second-order valence-electron chi connectivity index (χ2n) is 3.38. The van der Waals surface area contributed by atoms with Crippen LogP contribution in [0.25, 0.3) is 0 Å². The predicted octanol–water partition coefficient (Wildman–Crippen LogP) is 2.60. The number of esters is 1. The van der Waals surface area contributed by atoms with E-state index in [1.165, 1.54) is 14.2 Å². The summed E-state index contributed by atoms with van der Waals surface area (Å²) in [6, 6.07) is 0. The van der Waals surface area contributed by atoms with Gasteiger partial charge in [0.1, 0.15) is 0 Å². The zero-order chi connectivity index (χ0) is 12.4. The third-order valence-electron chi connectivity index (χ3n) is 2.16. The van der Waals surface area contributed by atoms with Crippen molar-refractivity contribution in [1.82, 2.24) is 0 Å². The molecule has 0 spiro atoms. The molecule has 0 saturated carbocycles. The maximum absolute atomic E-state index is 11.6. The normalized spacial score (nSPS) is 11.4. The maximum atomic E-state index is 11.6. The second-order valence-corrected chi connectivity index (χ2v) is 5.78. The molecule has 0 atom stereocenters. The van der Waals surface area contributed by atoms with Gasteiger partial charge < -0.3 is 13.8 Å². The van der Waals surface area contributed by atoms with E-state index in [4.69, 9.17) is 13.8 Å². The van der Waals surface area contributed by atoms with Crippen LogP contribution in [0.1, 0.15) is 32.6 Å². The fourth-order valence-corrected chi connectivity index (χ4v) is 2.07. The molecule has 0 aromatic heterocycles. The first-order valence-corrected chi connectivity index (χ1v) is 7.17. The Bertz CT molecular complexity index is 233. The first kappa shape index (κ1) is 15.6. The molecule has 0 aromatic carbocycles. The molecule has 0 amide bonds. The minimum Gasteiger partial charge on any atom is -0.466 e. The average Bonchev–Trinajstić information content (AvgIpc) is 2.31. The Hall–Kier alpha value is -0.380. The molecule has 0 fully saturated rings. The van der Waals surface area contributed by atoms with E-state index < -0.39 is 7.60 Å². The van der Waals surface area contributed by atoms with Crippen LogP contribution in [-0.2, 0) is 23.1 Å². The summed E-state index contributed by atoms with van der Waals surface area (Å²) in [6.45, 7) is 2.51. The monoisotopic (exact) mass is 252 g/mol. The number of hydrogen-bond acceptors (Lipinski definition) is 5. The van der Waals surface area contributed by atoms with Gasteiger partial charge in [-0.2, -0.15) is 0 Å². The molecule has 5 nitrogen and oxygen atoms in total. The van der Waals surface area contributed by atoms with Gasteiger partial charge in [-0.3, -0.25) is 9.36 Å². The summed E-state index contributed by atoms with van der Waals surface area (Å²) in [5.41, 5.74) is 0. The van der Waals surface area contributed by atoms with Crippen molar-refractivity contribution in [3.05, 3.63) is 0 Å². The standard InChI is InChI=1S/C10H21O5P/c1-4-5-6-8-15-10(11)7-9-16(12,13-2)14-3/h4-9H2,1-3H3. The fourth-order valence-electron chi connectivity index (χ4n) is 1.10. The Morgan fingerprint density at radius 1 is 1.19 bits per heavy atom. The Kier molecular flexibility index (Phi) is 8.53. The number of unbranched alkanes of at least 4 members (excludes halogenated alkanes) is 2.